The summed E-state index contributed by atoms with van der Waals surface area (Å²) in [7, 11) is -2.48. The lowest BCUT2D eigenvalue weighted by Gasteiger charge is -2.32. The average molecular weight is 557 g/mol. The Hall–Kier alpha value is -4.10. The largest absolute Gasteiger partial charge is 0.494 e. The number of hydrogen-bond donors (Lipinski definition) is 1. The molecule has 1 aliphatic rings. The molecular formula is C26H26F2N6O4S. The molecule has 10 nitrogen and oxygen atoms in total. The van der Waals surface area contributed by atoms with Gasteiger partial charge in [0.15, 0.2) is 23.0 Å². The van der Waals surface area contributed by atoms with E-state index in [-0.39, 0.29) is 29.3 Å². The summed E-state index contributed by atoms with van der Waals surface area (Å²) in [6.45, 7) is 3.02. The Morgan fingerprint density at radius 2 is 1.85 bits per heavy atom. The van der Waals surface area contributed by atoms with Gasteiger partial charge in [-0.25, -0.2) is 22.8 Å². The van der Waals surface area contributed by atoms with Crippen molar-refractivity contribution in [2.75, 3.05) is 38.6 Å². The van der Waals surface area contributed by atoms with Crippen molar-refractivity contribution in [3.8, 4) is 17.0 Å². The van der Waals surface area contributed by atoms with Gasteiger partial charge >= 0.3 is 0 Å². The number of rotatable bonds is 8. The smallest absolute Gasteiger partial charge is 0.243 e. The first kappa shape index (κ1) is 26.5. The van der Waals surface area contributed by atoms with Gasteiger partial charge in [-0.15, -0.1) is 0 Å². The van der Waals surface area contributed by atoms with Crippen LogP contribution in [0.25, 0.3) is 16.9 Å². The van der Waals surface area contributed by atoms with Crippen molar-refractivity contribution in [2.24, 2.45) is 0 Å². The van der Waals surface area contributed by atoms with Crippen LogP contribution in [0, 0.1) is 11.6 Å². The minimum atomic E-state index is -3.74. The third-order valence-corrected chi connectivity index (χ3v) is 8.71. The molecule has 0 spiro atoms. The molecule has 0 saturated carbocycles. The molecule has 1 aliphatic heterocycles. The summed E-state index contributed by atoms with van der Waals surface area (Å²) in [6, 6.07) is 7.69. The molecule has 2 aromatic heterocycles. The molecule has 4 aromatic rings. The van der Waals surface area contributed by atoms with Crippen molar-refractivity contribution in [1.29, 1.82) is 0 Å². The lowest BCUT2D eigenvalue weighted by molar-refractivity contribution is -0.119. The third kappa shape index (κ3) is 4.79. The lowest BCUT2D eigenvalue weighted by atomic mass is 10.1. The minimum absolute atomic E-state index is 0.00903. The van der Waals surface area contributed by atoms with Crippen LogP contribution >= 0.6 is 0 Å². The molecule has 39 heavy (non-hydrogen) atoms. The second-order valence-corrected chi connectivity index (χ2v) is 10.8. The molecule has 1 N–H and O–H groups in total. The number of nitrogens with one attached hydrogen (secondary N) is 1. The van der Waals surface area contributed by atoms with Crippen LogP contribution in [-0.4, -0.2) is 71.7 Å². The Bertz CT molecular complexity index is 1650. The van der Waals surface area contributed by atoms with E-state index >= 15 is 0 Å². The van der Waals surface area contributed by atoms with Crippen molar-refractivity contribution in [3.63, 3.8) is 0 Å². The van der Waals surface area contributed by atoms with E-state index in [4.69, 9.17) is 4.74 Å². The molecule has 0 unspecified atom stereocenters. The number of hydrogen-bond acceptors (Lipinski definition) is 7. The van der Waals surface area contributed by atoms with Gasteiger partial charge in [-0.1, -0.05) is 6.92 Å². The fraction of sp³-hybridized carbons (Fsp3) is 0.269. The molecular weight excluding hydrogens is 530 g/mol. The number of carbonyl (C=O) groups excluding carboxylic acids is 1. The molecule has 0 atom stereocenters. The van der Waals surface area contributed by atoms with Crippen LogP contribution in [0.3, 0.4) is 0 Å². The first-order valence-electron chi connectivity index (χ1n) is 12.2. The van der Waals surface area contributed by atoms with E-state index < -0.39 is 21.7 Å². The van der Waals surface area contributed by atoms with E-state index in [1.165, 1.54) is 35.9 Å². The number of carbonyl (C=O) groups is 1. The summed E-state index contributed by atoms with van der Waals surface area (Å²) < 4.78 is 63.6. The Morgan fingerprint density at radius 1 is 1.08 bits per heavy atom. The van der Waals surface area contributed by atoms with E-state index in [9.17, 15) is 22.0 Å². The average Bonchev–Trinajstić information content (AvgIpc) is 3.39. The highest BCUT2D eigenvalue weighted by atomic mass is 32.2. The topological polar surface area (TPSA) is 109 Å². The highest BCUT2D eigenvalue weighted by molar-refractivity contribution is 7.89. The van der Waals surface area contributed by atoms with Gasteiger partial charge in [0.2, 0.25) is 22.3 Å². The molecule has 2 aromatic carbocycles. The summed E-state index contributed by atoms with van der Waals surface area (Å²) in [5.41, 5.74) is 1.90. The summed E-state index contributed by atoms with van der Waals surface area (Å²) in [5, 5.41) is 3.17. The van der Waals surface area contributed by atoms with Gasteiger partial charge in [-0.3, -0.25) is 9.20 Å². The predicted molar refractivity (Wildman–Crippen MR) is 140 cm³/mol. The first-order chi connectivity index (χ1) is 18.8. The predicted octanol–water partition coefficient (Wildman–Crippen LogP) is 3.45. The molecule has 1 saturated heterocycles. The first-order valence-corrected chi connectivity index (χ1v) is 13.7. The molecule has 3 heterocycles. The standard InChI is InChI=1S/C26H26F2N6O4S/c1-3-17-14-18(4-7-22(17)39(36,37)33-12-10-32(16-35)11-13-33)31-25-26-30-15-20(34(26)9-8-29-25)19-5-6-21(38-2)24(28)23(19)27/h4-9,14-16H,3,10-13H2,1-2H3,(H,29,31). The Kier molecular flexibility index (Phi) is 7.19. The van der Waals surface area contributed by atoms with Gasteiger partial charge in [0, 0.05) is 49.8 Å². The van der Waals surface area contributed by atoms with Crippen LogP contribution in [0.5, 0.6) is 5.75 Å². The van der Waals surface area contributed by atoms with E-state index in [2.05, 4.69) is 15.3 Å². The molecule has 0 bridgehead atoms. The number of anilines is 2. The van der Waals surface area contributed by atoms with Gasteiger partial charge in [-0.05, 0) is 42.3 Å². The van der Waals surface area contributed by atoms with E-state index in [0.29, 0.717) is 47.9 Å². The Balaban J connectivity index is 1.45. The number of ether oxygens (including phenoxy) is 1. The fourth-order valence-electron chi connectivity index (χ4n) is 4.60. The van der Waals surface area contributed by atoms with Gasteiger partial charge < -0.3 is 15.0 Å². The molecule has 13 heteroatoms. The monoisotopic (exact) mass is 556 g/mol. The fourth-order valence-corrected chi connectivity index (χ4v) is 6.30. The number of sulfonamides is 1. The van der Waals surface area contributed by atoms with Crippen LogP contribution in [0.1, 0.15) is 12.5 Å². The number of aryl methyl sites for hydroxylation is 1. The minimum Gasteiger partial charge on any atom is -0.494 e. The van der Waals surface area contributed by atoms with Crippen molar-refractivity contribution in [2.45, 2.75) is 18.2 Å². The maximum absolute atomic E-state index is 14.8. The van der Waals surface area contributed by atoms with Gasteiger partial charge in [-0.2, -0.15) is 8.70 Å². The van der Waals surface area contributed by atoms with Crippen molar-refractivity contribution < 1.29 is 26.7 Å². The van der Waals surface area contributed by atoms with E-state index in [0.717, 1.165) is 6.41 Å². The number of piperazine rings is 1. The highest BCUT2D eigenvalue weighted by Gasteiger charge is 2.30. The molecule has 0 radical (unpaired) electrons. The SMILES string of the molecule is CCc1cc(Nc2nccn3c(-c4ccc(OC)c(F)c4F)cnc23)ccc1S(=O)(=O)N1CCN(C=O)CC1. The van der Waals surface area contributed by atoms with Crippen LogP contribution in [0.4, 0.5) is 20.3 Å². The maximum Gasteiger partial charge on any atom is 0.243 e. The van der Waals surface area contributed by atoms with Crippen LogP contribution in [0.2, 0.25) is 0 Å². The number of benzene rings is 2. The number of nitrogens with zero attached hydrogens (tertiary/aromatic N) is 5. The van der Waals surface area contributed by atoms with E-state index in [1.807, 2.05) is 6.92 Å². The molecule has 1 amide bonds. The Labute approximate surface area is 223 Å². The van der Waals surface area contributed by atoms with Crippen molar-refractivity contribution in [3.05, 3.63) is 66.1 Å². The third-order valence-electron chi connectivity index (χ3n) is 6.72. The summed E-state index contributed by atoms with van der Waals surface area (Å²) in [5.74, 6) is -2.00. The van der Waals surface area contributed by atoms with Gasteiger partial charge in [0.25, 0.3) is 0 Å². The molecule has 1 fully saturated rings. The maximum atomic E-state index is 14.8. The van der Waals surface area contributed by atoms with Crippen molar-refractivity contribution >= 4 is 33.6 Å². The molecule has 0 aliphatic carbocycles. The summed E-state index contributed by atoms with van der Waals surface area (Å²) in [4.78, 5) is 21.5. The summed E-state index contributed by atoms with van der Waals surface area (Å²) in [6.07, 6.45) is 5.69. The number of aromatic nitrogens is 3. The van der Waals surface area contributed by atoms with Crippen molar-refractivity contribution in [1.82, 2.24) is 23.6 Å². The molecule has 204 valence electrons. The zero-order chi connectivity index (χ0) is 27.7. The normalized spacial score (nSPS) is 14.5. The number of halogens is 2. The quantitative estimate of drug-likeness (QED) is 0.331. The zero-order valence-corrected chi connectivity index (χ0v) is 22.1. The van der Waals surface area contributed by atoms with E-state index in [1.54, 1.807) is 33.7 Å². The van der Waals surface area contributed by atoms with Crippen LogP contribution in [0.15, 0.2) is 53.8 Å². The highest BCUT2D eigenvalue weighted by Crippen LogP contribution is 2.32. The van der Waals surface area contributed by atoms with Gasteiger partial charge in [0.05, 0.1) is 23.9 Å². The lowest BCUT2D eigenvalue weighted by Crippen LogP contribution is -2.48. The number of amides is 1. The molecule has 5 rings (SSSR count). The second kappa shape index (κ2) is 10.6. The van der Waals surface area contributed by atoms with Gasteiger partial charge in [0.1, 0.15) is 0 Å². The number of methoxy groups -OCH3 is 1. The summed E-state index contributed by atoms with van der Waals surface area (Å²) >= 11 is 0. The van der Waals surface area contributed by atoms with Crippen LogP contribution < -0.4 is 10.1 Å². The number of fused-ring (bicyclic) bond motifs is 1. The second-order valence-electron chi connectivity index (χ2n) is 8.90. The Morgan fingerprint density at radius 3 is 2.54 bits per heavy atom. The van der Waals surface area contributed by atoms with Crippen LogP contribution in [-0.2, 0) is 21.2 Å². The number of imidazole rings is 1. The zero-order valence-electron chi connectivity index (χ0n) is 21.3.